The van der Waals surface area contributed by atoms with Crippen molar-refractivity contribution in [3.05, 3.63) is 65.0 Å². The molecule has 1 aromatic carbocycles. The SMILES string of the molecule is CC(=O)NCc1ccc([C@@H]2CCCN2C(=O)c2cc(F)ccc2F)nc1. The highest BCUT2D eigenvalue weighted by atomic mass is 19.1. The third kappa shape index (κ3) is 3.87. The minimum atomic E-state index is -0.735. The van der Waals surface area contributed by atoms with Crippen LogP contribution < -0.4 is 5.32 Å². The molecule has 5 nitrogen and oxygen atoms in total. The first-order valence-electron chi connectivity index (χ1n) is 8.41. The topological polar surface area (TPSA) is 62.3 Å². The van der Waals surface area contributed by atoms with Gasteiger partial charge in [-0.25, -0.2) is 8.78 Å². The van der Waals surface area contributed by atoms with Gasteiger partial charge in [0.1, 0.15) is 11.6 Å². The molecule has 0 bridgehead atoms. The number of hydrogen-bond donors (Lipinski definition) is 1. The van der Waals surface area contributed by atoms with Gasteiger partial charge in [0.2, 0.25) is 5.91 Å². The molecule has 1 fully saturated rings. The highest BCUT2D eigenvalue weighted by Gasteiger charge is 2.32. The number of aromatic nitrogens is 1. The Morgan fingerprint density at radius 2 is 2.08 bits per heavy atom. The number of amides is 2. The van der Waals surface area contributed by atoms with Crippen molar-refractivity contribution in [2.75, 3.05) is 6.54 Å². The highest BCUT2D eigenvalue weighted by molar-refractivity contribution is 5.95. The van der Waals surface area contributed by atoms with Crippen molar-refractivity contribution in [1.29, 1.82) is 0 Å². The van der Waals surface area contributed by atoms with E-state index in [1.165, 1.54) is 11.8 Å². The Bertz CT molecular complexity index is 824. The molecule has 1 aromatic heterocycles. The fourth-order valence-electron chi connectivity index (χ4n) is 3.10. The standard InChI is InChI=1S/C19H19F2N3O2/c1-12(25)22-10-13-4-7-17(23-11-13)18-3-2-8-24(18)19(26)15-9-14(20)5-6-16(15)21/h4-7,9,11,18H,2-3,8,10H2,1H3,(H,22,25)/t18-/m0/s1. The smallest absolute Gasteiger partial charge is 0.257 e. The van der Waals surface area contributed by atoms with Crippen molar-refractivity contribution < 1.29 is 18.4 Å². The molecule has 1 atom stereocenters. The first kappa shape index (κ1) is 18.0. The summed E-state index contributed by atoms with van der Waals surface area (Å²) in [6.07, 6.45) is 3.12. The van der Waals surface area contributed by atoms with E-state index >= 15 is 0 Å². The van der Waals surface area contributed by atoms with E-state index in [1.54, 1.807) is 12.3 Å². The first-order chi connectivity index (χ1) is 12.5. The molecule has 0 spiro atoms. The average molecular weight is 359 g/mol. The first-order valence-corrected chi connectivity index (χ1v) is 8.41. The van der Waals surface area contributed by atoms with Gasteiger partial charge in [-0.3, -0.25) is 14.6 Å². The second-order valence-electron chi connectivity index (χ2n) is 6.28. The highest BCUT2D eigenvalue weighted by Crippen LogP contribution is 2.32. The summed E-state index contributed by atoms with van der Waals surface area (Å²) < 4.78 is 27.4. The zero-order chi connectivity index (χ0) is 18.7. The molecule has 2 heterocycles. The average Bonchev–Trinajstić information content (AvgIpc) is 3.11. The van der Waals surface area contributed by atoms with Crippen molar-refractivity contribution in [2.24, 2.45) is 0 Å². The summed E-state index contributed by atoms with van der Waals surface area (Å²) in [5.41, 5.74) is 1.27. The fourth-order valence-corrected chi connectivity index (χ4v) is 3.10. The van der Waals surface area contributed by atoms with Gasteiger partial charge in [0, 0.05) is 26.2 Å². The quantitative estimate of drug-likeness (QED) is 0.913. The van der Waals surface area contributed by atoms with Crippen LogP contribution in [0.15, 0.2) is 36.5 Å². The second kappa shape index (κ2) is 7.59. The molecule has 26 heavy (non-hydrogen) atoms. The molecule has 1 saturated heterocycles. The molecular weight excluding hydrogens is 340 g/mol. The van der Waals surface area contributed by atoms with Crippen LogP contribution in [-0.2, 0) is 11.3 Å². The molecule has 3 rings (SSSR count). The second-order valence-corrected chi connectivity index (χ2v) is 6.28. The van der Waals surface area contributed by atoms with Crippen LogP contribution in [0.3, 0.4) is 0 Å². The zero-order valence-electron chi connectivity index (χ0n) is 14.3. The lowest BCUT2D eigenvalue weighted by Crippen LogP contribution is -2.31. The number of rotatable bonds is 4. The number of benzene rings is 1. The number of pyridine rings is 1. The third-order valence-electron chi connectivity index (χ3n) is 4.40. The Morgan fingerprint density at radius 3 is 2.77 bits per heavy atom. The van der Waals surface area contributed by atoms with Gasteiger partial charge < -0.3 is 10.2 Å². The van der Waals surface area contributed by atoms with Crippen LogP contribution in [0.4, 0.5) is 8.78 Å². The molecule has 0 radical (unpaired) electrons. The van der Waals surface area contributed by atoms with Crippen LogP contribution >= 0.6 is 0 Å². The van der Waals surface area contributed by atoms with Crippen LogP contribution in [-0.4, -0.2) is 28.2 Å². The van der Waals surface area contributed by atoms with E-state index in [4.69, 9.17) is 0 Å². The van der Waals surface area contributed by atoms with E-state index < -0.39 is 17.5 Å². The predicted octanol–water partition coefficient (Wildman–Crippen LogP) is 2.97. The van der Waals surface area contributed by atoms with E-state index in [2.05, 4.69) is 10.3 Å². The normalized spacial score (nSPS) is 16.6. The van der Waals surface area contributed by atoms with Gasteiger partial charge in [-0.2, -0.15) is 0 Å². The van der Waals surface area contributed by atoms with E-state index in [0.29, 0.717) is 25.2 Å². The summed E-state index contributed by atoms with van der Waals surface area (Å²) in [6.45, 7) is 2.29. The summed E-state index contributed by atoms with van der Waals surface area (Å²) in [5, 5.41) is 2.69. The van der Waals surface area contributed by atoms with Gasteiger partial charge in [0.25, 0.3) is 5.91 Å². The predicted molar refractivity (Wildman–Crippen MR) is 91.1 cm³/mol. The van der Waals surface area contributed by atoms with Gasteiger partial charge in [-0.15, -0.1) is 0 Å². The van der Waals surface area contributed by atoms with Crippen molar-refractivity contribution in [3.63, 3.8) is 0 Å². The molecule has 1 aliphatic rings. The van der Waals surface area contributed by atoms with Crippen LogP contribution in [0.5, 0.6) is 0 Å². The Hall–Kier alpha value is -2.83. The lowest BCUT2D eigenvalue weighted by atomic mass is 10.1. The van der Waals surface area contributed by atoms with Crippen LogP contribution in [0.25, 0.3) is 0 Å². The Morgan fingerprint density at radius 1 is 1.27 bits per heavy atom. The maximum Gasteiger partial charge on any atom is 0.257 e. The van der Waals surface area contributed by atoms with Crippen molar-refractivity contribution >= 4 is 11.8 Å². The summed E-state index contributed by atoms with van der Waals surface area (Å²) >= 11 is 0. The summed E-state index contributed by atoms with van der Waals surface area (Å²) in [4.78, 5) is 29.6. The summed E-state index contributed by atoms with van der Waals surface area (Å²) in [5.74, 6) is -2.04. The van der Waals surface area contributed by atoms with E-state index in [0.717, 1.165) is 30.2 Å². The summed E-state index contributed by atoms with van der Waals surface area (Å²) in [6, 6.07) is 6.24. The number of likely N-dealkylation sites (tertiary alicyclic amines) is 1. The largest absolute Gasteiger partial charge is 0.352 e. The van der Waals surface area contributed by atoms with Crippen LogP contribution in [0.1, 0.15) is 47.4 Å². The molecule has 2 amide bonds. The van der Waals surface area contributed by atoms with Crippen molar-refractivity contribution in [1.82, 2.24) is 15.2 Å². The number of carbonyl (C=O) groups excluding carboxylic acids is 2. The molecule has 136 valence electrons. The molecule has 2 aromatic rings. The van der Waals surface area contributed by atoms with Gasteiger partial charge in [0.05, 0.1) is 17.3 Å². The lowest BCUT2D eigenvalue weighted by Gasteiger charge is -2.24. The van der Waals surface area contributed by atoms with Gasteiger partial charge in [0.15, 0.2) is 0 Å². The maximum absolute atomic E-state index is 13.9. The van der Waals surface area contributed by atoms with Crippen LogP contribution in [0, 0.1) is 11.6 Å². The Balaban J connectivity index is 1.78. The molecule has 0 saturated carbocycles. The molecule has 1 aliphatic heterocycles. The lowest BCUT2D eigenvalue weighted by molar-refractivity contribution is -0.119. The number of halogens is 2. The Kier molecular flexibility index (Phi) is 5.25. The molecule has 7 heteroatoms. The Labute approximate surface area is 150 Å². The van der Waals surface area contributed by atoms with Gasteiger partial charge >= 0.3 is 0 Å². The minimum Gasteiger partial charge on any atom is -0.352 e. The van der Waals surface area contributed by atoms with Crippen molar-refractivity contribution in [2.45, 2.75) is 32.4 Å². The minimum absolute atomic E-state index is 0.126. The fraction of sp³-hybridized carbons (Fsp3) is 0.316. The van der Waals surface area contributed by atoms with E-state index in [1.807, 2.05) is 6.07 Å². The maximum atomic E-state index is 13.9. The number of nitrogens with one attached hydrogen (secondary N) is 1. The molecule has 1 N–H and O–H groups in total. The zero-order valence-corrected chi connectivity index (χ0v) is 14.3. The molecule has 0 aliphatic carbocycles. The number of hydrogen-bond acceptors (Lipinski definition) is 3. The van der Waals surface area contributed by atoms with E-state index in [-0.39, 0.29) is 17.5 Å². The number of carbonyl (C=O) groups is 2. The third-order valence-corrected chi connectivity index (χ3v) is 4.40. The molecular formula is C19H19F2N3O2. The number of nitrogens with zero attached hydrogens (tertiary/aromatic N) is 2. The van der Waals surface area contributed by atoms with Gasteiger partial charge in [-0.1, -0.05) is 6.07 Å². The molecule has 0 unspecified atom stereocenters. The van der Waals surface area contributed by atoms with Crippen molar-refractivity contribution in [3.8, 4) is 0 Å². The van der Waals surface area contributed by atoms with E-state index in [9.17, 15) is 18.4 Å². The summed E-state index contributed by atoms with van der Waals surface area (Å²) in [7, 11) is 0. The van der Waals surface area contributed by atoms with Crippen LogP contribution in [0.2, 0.25) is 0 Å². The van der Waals surface area contributed by atoms with Gasteiger partial charge in [-0.05, 0) is 42.7 Å². The monoisotopic (exact) mass is 359 g/mol.